The van der Waals surface area contributed by atoms with Crippen molar-refractivity contribution in [2.24, 2.45) is 0 Å². The van der Waals surface area contributed by atoms with Crippen LogP contribution in [0.25, 0.3) is 62.9 Å². The maximum absolute atomic E-state index is 7.14. The monoisotopic (exact) mass is 557 g/mol. The third-order valence-electron chi connectivity index (χ3n) is 7.56. The number of hydrogen-bond donors (Lipinski definition) is 1. The number of fused-ring (bicyclic) bond motifs is 1. The van der Waals surface area contributed by atoms with Crippen LogP contribution in [-0.4, -0.2) is 6.21 Å². The Bertz CT molecular complexity index is 1850. The summed E-state index contributed by atoms with van der Waals surface area (Å²) in [6.07, 6.45) is 18.9. The molecule has 0 fully saturated rings. The number of hydrogen-bond acceptors (Lipinski definition) is 1. The summed E-state index contributed by atoms with van der Waals surface area (Å²) in [6, 6.07) is 23.5. The molecule has 4 rings (SSSR count). The van der Waals surface area contributed by atoms with Crippen molar-refractivity contribution < 1.29 is 0 Å². The van der Waals surface area contributed by atoms with E-state index in [1.54, 1.807) is 6.08 Å². The first kappa shape index (κ1) is 30.7. The zero-order valence-electron chi connectivity index (χ0n) is 25.5. The smallest absolute Gasteiger partial charge is 0.0177 e. The van der Waals surface area contributed by atoms with E-state index in [0.29, 0.717) is 0 Å². The molecule has 0 radical (unpaired) electrons. The molecule has 0 aliphatic heterocycles. The van der Waals surface area contributed by atoms with Crippen LogP contribution in [0.3, 0.4) is 0 Å². The first-order chi connectivity index (χ1) is 20.9. The normalized spacial score (nSPS) is 11.6. The van der Waals surface area contributed by atoms with Crippen molar-refractivity contribution in [2.75, 3.05) is 0 Å². The second kappa shape index (κ2) is 14.1. The minimum absolute atomic E-state index is 0.974. The molecule has 0 amide bonds. The Morgan fingerprint density at radius 1 is 0.651 bits per heavy atom. The molecule has 1 nitrogen and oxygen atoms in total. The SMILES string of the molecule is C=Cc1c(C(=C)/C(C)=C/C=C(C)C)cccc1-c1c(C=C)c(C=C)c(-c2ccc(/C=C/C=C\C=N)cc2)c2ccccc12. The summed E-state index contributed by atoms with van der Waals surface area (Å²) in [5.74, 6) is 0. The standard InChI is InChI=1S/C42H39N/c1-8-34-37(31(7)30(6)23-22-29(4)5)20-16-21-38(34)42-36(10-3)35(9-2)41(39-18-13-14-19-40(39)42)33-26-24-32(25-27-33)17-12-11-15-28-43/h8-28,43H,1-3,7H2,4-6H3/b15-11-,17-12+,30-23+,43-28?. The van der Waals surface area contributed by atoms with Crippen molar-refractivity contribution in [3.05, 3.63) is 162 Å². The second-order valence-electron chi connectivity index (χ2n) is 10.6. The highest BCUT2D eigenvalue weighted by molar-refractivity contribution is 6.12. The predicted molar refractivity (Wildman–Crippen MR) is 194 cm³/mol. The molecule has 212 valence electrons. The van der Waals surface area contributed by atoms with Crippen LogP contribution in [-0.2, 0) is 0 Å². The van der Waals surface area contributed by atoms with Crippen molar-refractivity contribution in [2.45, 2.75) is 20.8 Å². The molecule has 4 aromatic carbocycles. The van der Waals surface area contributed by atoms with E-state index in [1.165, 1.54) is 11.8 Å². The summed E-state index contributed by atoms with van der Waals surface area (Å²) >= 11 is 0. The number of allylic oxidation sites excluding steroid dienone is 8. The molecular weight excluding hydrogens is 518 g/mol. The number of nitrogens with one attached hydrogen (secondary N) is 1. The maximum atomic E-state index is 7.14. The lowest BCUT2D eigenvalue weighted by atomic mass is 9.81. The van der Waals surface area contributed by atoms with Gasteiger partial charge in [-0.1, -0.05) is 147 Å². The quantitative estimate of drug-likeness (QED) is 0.140. The molecule has 0 aromatic heterocycles. The van der Waals surface area contributed by atoms with Gasteiger partial charge < -0.3 is 5.41 Å². The first-order valence-electron chi connectivity index (χ1n) is 14.4. The van der Waals surface area contributed by atoms with Crippen LogP contribution in [0, 0.1) is 5.41 Å². The highest BCUT2D eigenvalue weighted by Crippen LogP contribution is 2.45. The van der Waals surface area contributed by atoms with Gasteiger partial charge in [-0.2, -0.15) is 0 Å². The highest BCUT2D eigenvalue weighted by atomic mass is 14.3. The van der Waals surface area contributed by atoms with E-state index in [1.807, 2.05) is 36.5 Å². The van der Waals surface area contributed by atoms with Gasteiger partial charge in [-0.15, -0.1) is 0 Å². The lowest BCUT2D eigenvalue weighted by Crippen LogP contribution is -1.99. The van der Waals surface area contributed by atoms with Crippen LogP contribution in [0.2, 0.25) is 0 Å². The Hall–Kier alpha value is -5.27. The zero-order chi connectivity index (χ0) is 30.9. The molecule has 1 N–H and O–H groups in total. The van der Waals surface area contributed by atoms with Gasteiger partial charge in [-0.05, 0) is 98.8 Å². The Morgan fingerprint density at radius 2 is 1.28 bits per heavy atom. The summed E-state index contributed by atoms with van der Waals surface area (Å²) in [5.41, 5.74) is 13.0. The van der Waals surface area contributed by atoms with Crippen molar-refractivity contribution in [1.82, 2.24) is 0 Å². The molecular formula is C42H39N. The largest absolute Gasteiger partial charge is 0.309 e. The van der Waals surface area contributed by atoms with Gasteiger partial charge >= 0.3 is 0 Å². The van der Waals surface area contributed by atoms with Crippen LogP contribution in [0.15, 0.2) is 135 Å². The van der Waals surface area contributed by atoms with Crippen LogP contribution in [0.5, 0.6) is 0 Å². The Kier molecular flexibility index (Phi) is 10.0. The second-order valence-corrected chi connectivity index (χ2v) is 10.6. The van der Waals surface area contributed by atoms with E-state index < -0.39 is 0 Å². The van der Waals surface area contributed by atoms with Gasteiger partial charge in [-0.3, -0.25) is 0 Å². The van der Waals surface area contributed by atoms with Crippen molar-refractivity contribution in [1.29, 1.82) is 5.41 Å². The van der Waals surface area contributed by atoms with E-state index in [-0.39, 0.29) is 0 Å². The predicted octanol–water partition coefficient (Wildman–Crippen LogP) is 12.2. The van der Waals surface area contributed by atoms with E-state index in [9.17, 15) is 0 Å². The Balaban J connectivity index is 1.99. The third kappa shape index (κ3) is 6.47. The molecule has 0 bridgehead atoms. The topological polar surface area (TPSA) is 23.9 Å². The van der Waals surface area contributed by atoms with Gasteiger partial charge in [0.05, 0.1) is 0 Å². The molecule has 0 unspecified atom stereocenters. The average molecular weight is 558 g/mol. The Labute approximate surface area is 257 Å². The molecule has 43 heavy (non-hydrogen) atoms. The lowest BCUT2D eigenvalue weighted by Gasteiger charge is -2.22. The molecule has 0 aliphatic carbocycles. The van der Waals surface area contributed by atoms with E-state index >= 15 is 0 Å². The van der Waals surface area contributed by atoms with E-state index in [2.05, 4.69) is 126 Å². The Morgan fingerprint density at radius 3 is 1.88 bits per heavy atom. The van der Waals surface area contributed by atoms with E-state index in [0.717, 1.165) is 72.0 Å². The minimum Gasteiger partial charge on any atom is -0.309 e. The molecule has 0 saturated carbocycles. The zero-order valence-corrected chi connectivity index (χ0v) is 25.5. The van der Waals surface area contributed by atoms with Crippen molar-refractivity contribution >= 4 is 46.9 Å². The molecule has 0 atom stereocenters. The van der Waals surface area contributed by atoms with Crippen molar-refractivity contribution in [3.63, 3.8) is 0 Å². The van der Waals surface area contributed by atoms with E-state index in [4.69, 9.17) is 5.41 Å². The fraction of sp³-hybridized carbons (Fsp3) is 0.0714. The van der Waals surface area contributed by atoms with Gasteiger partial charge in [0, 0.05) is 6.21 Å². The van der Waals surface area contributed by atoms with Gasteiger partial charge in [-0.25, -0.2) is 0 Å². The molecule has 0 heterocycles. The molecule has 0 aliphatic rings. The van der Waals surface area contributed by atoms with Crippen molar-refractivity contribution in [3.8, 4) is 22.3 Å². The maximum Gasteiger partial charge on any atom is 0.0177 e. The highest BCUT2D eigenvalue weighted by Gasteiger charge is 2.21. The lowest BCUT2D eigenvalue weighted by molar-refractivity contribution is 1.38. The molecule has 0 spiro atoms. The fourth-order valence-corrected chi connectivity index (χ4v) is 5.42. The number of rotatable bonds is 11. The summed E-state index contributed by atoms with van der Waals surface area (Å²) < 4.78 is 0. The first-order valence-corrected chi connectivity index (χ1v) is 14.4. The molecule has 1 heteroatoms. The van der Waals surface area contributed by atoms with Gasteiger partial charge in [0.2, 0.25) is 0 Å². The van der Waals surface area contributed by atoms with Gasteiger partial charge in [0.25, 0.3) is 0 Å². The summed E-state index contributed by atoms with van der Waals surface area (Å²) in [7, 11) is 0. The van der Waals surface area contributed by atoms with Crippen LogP contribution in [0.1, 0.15) is 48.6 Å². The van der Waals surface area contributed by atoms with Crippen LogP contribution < -0.4 is 0 Å². The third-order valence-corrected chi connectivity index (χ3v) is 7.56. The summed E-state index contributed by atoms with van der Waals surface area (Å²) in [6.45, 7) is 23.5. The van der Waals surface area contributed by atoms with Gasteiger partial charge in [0.15, 0.2) is 0 Å². The molecule has 0 saturated heterocycles. The average Bonchev–Trinajstić information content (AvgIpc) is 3.03. The number of benzene rings is 4. The van der Waals surface area contributed by atoms with Crippen LogP contribution >= 0.6 is 0 Å². The fourth-order valence-electron chi connectivity index (χ4n) is 5.42. The summed E-state index contributed by atoms with van der Waals surface area (Å²) in [5, 5.41) is 9.43. The molecule has 4 aromatic rings. The summed E-state index contributed by atoms with van der Waals surface area (Å²) in [4.78, 5) is 0. The van der Waals surface area contributed by atoms with Crippen LogP contribution in [0.4, 0.5) is 0 Å². The minimum atomic E-state index is 0.974. The van der Waals surface area contributed by atoms with Gasteiger partial charge in [0.1, 0.15) is 0 Å².